The summed E-state index contributed by atoms with van der Waals surface area (Å²) in [4.78, 5) is 0. The second-order valence-corrected chi connectivity index (χ2v) is 8.08. The zero-order chi connectivity index (χ0) is 19.1. The lowest BCUT2D eigenvalue weighted by molar-refractivity contribution is 1.50. The van der Waals surface area contributed by atoms with E-state index in [4.69, 9.17) is 5.73 Å². The highest BCUT2D eigenvalue weighted by molar-refractivity contribution is 6.30. The lowest BCUT2D eigenvalue weighted by atomic mass is 9.90. The molecule has 0 saturated carbocycles. The molecule has 6 aromatic rings. The van der Waals surface area contributed by atoms with Crippen LogP contribution >= 0.6 is 0 Å². The van der Waals surface area contributed by atoms with E-state index in [-0.39, 0.29) is 0 Å². The third-order valence-electron chi connectivity index (χ3n) is 6.40. The first-order valence-corrected chi connectivity index (χ1v) is 9.98. The molecule has 0 unspecified atom stereocenters. The molecule has 0 bridgehead atoms. The number of hydrogen-bond donors (Lipinski definition) is 1. The molecule has 29 heavy (non-hydrogen) atoms. The fourth-order valence-corrected chi connectivity index (χ4v) is 5.15. The summed E-state index contributed by atoms with van der Waals surface area (Å²) >= 11 is 0. The molecule has 6 aromatic carbocycles. The quantitative estimate of drug-likeness (QED) is 0.198. The van der Waals surface area contributed by atoms with Crippen LogP contribution in [0.2, 0.25) is 0 Å². The van der Waals surface area contributed by atoms with E-state index in [1.807, 2.05) is 6.07 Å². The lowest BCUT2D eigenvalue weighted by Gasteiger charge is -2.14. The van der Waals surface area contributed by atoms with Crippen LogP contribution in [0.1, 0.15) is 5.56 Å². The molecule has 0 spiro atoms. The van der Waals surface area contributed by atoms with Gasteiger partial charge in [0.1, 0.15) is 0 Å². The summed E-state index contributed by atoms with van der Waals surface area (Å²) < 4.78 is 0. The Hall–Kier alpha value is -3.84. The predicted octanol–water partition coefficient (Wildman–Crippen LogP) is 6.03. The molecular formula is C28H17N. The van der Waals surface area contributed by atoms with Crippen LogP contribution in [0.25, 0.3) is 49.2 Å². The van der Waals surface area contributed by atoms with Crippen molar-refractivity contribution < 1.29 is 0 Å². The maximum Gasteiger partial charge on any atom is 0.0320 e. The van der Waals surface area contributed by atoms with E-state index in [1.165, 1.54) is 64.3 Å². The second kappa shape index (κ2) is 5.15. The topological polar surface area (TPSA) is 26.0 Å². The van der Waals surface area contributed by atoms with Crippen molar-refractivity contribution in [3.8, 4) is 0 Å². The molecule has 134 valence electrons. The van der Waals surface area contributed by atoms with E-state index >= 15 is 0 Å². The van der Waals surface area contributed by atoms with E-state index < -0.39 is 0 Å². The van der Waals surface area contributed by atoms with E-state index in [2.05, 4.69) is 84.9 Å². The molecule has 0 aromatic heterocycles. The molecule has 0 radical (unpaired) electrons. The maximum absolute atomic E-state index is 6.11. The first-order valence-electron chi connectivity index (χ1n) is 9.98. The summed E-state index contributed by atoms with van der Waals surface area (Å²) in [6.07, 6.45) is 2.30. The summed E-state index contributed by atoms with van der Waals surface area (Å²) in [7, 11) is 0. The van der Waals surface area contributed by atoms with E-state index in [0.29, 0.717) is 0 Å². The minimum Gasteiger partial charge on any atom is -0.399 e. The van der Waals surface area contributed by atoms with Crippen LogP contribution in [-0.4, -0.2) is 0 Å². The number of anilines is 1. The Morgan fingerprint density at radius 1 is 0.517 bits per heavy atom. The molecule has 0 saturated heterocycles. The minimum absolute atomic E-state index is 0.806. The van der Waals surface area contributed by atoms with Crippen LogP contribution in [0.3, 0.4) is 0 Å². The molecular weight excluding hydrogens is 350 g/mol. The largest absolute Gasteiger partial charge is 0.399 e. The molecule has 1 aliphatic rings. The zero-order valence-corrected chi connectivity index (χ0v) is 15.7. The number of fused-ring (bicyclic) bond motifs is 6. The first-order chi connectivity index (χ1) is 14.3. The molecule has 1 aliphatic carbocycles. The van der Waals surface area contributed by atoms with Crippen LogP contribution in [0, 0.1) is 10.4 Å². The molecule has 1 heteroatoms. The van der Waals surface area contributed by atoms with Gasteiger partial charge in [0.15, 0.2) is 0 Å². The van der Waals surface area contributed by atoms with Gasteiger partial charge in [-0.05, 0) is 107 Å². The number of nitrogen functional groups attached to an aromatic ring is 1. The van der Waals surface area contributed by atoms with Gasteiger partial charge in [-0.1, -0.05) is 48.5 Å². The van der Waals surface area contributed by atoms with Gasteiger partial charge in [-0.2, -0.15) is 0 Å². The molecule has 0 atom stereocenters. The average molecular weight is 367 g/mol. The molecule has 0 heterocycles. The van der Waals surface area contributed by atoms with Gasteiger partial charge in [0.05, 0.1) is 0 Å². The summed E-state index contributed by atoms with van der Waals surface area (Å²) in [6.45, 7) is 0. The fraction of sp³-hybridized carbons (Fsp3) is 0. The monoisotopic (exact) mass is 367 g/mol. The van der Waals surface area contributed by atoms with Crippen LogP contribution < -0.4 is 11.0 Å². The Labute approximate surface area is 167 Å². The van der Waals surface area contributed by atoms with Gasteiger partial charge < -0.3 is 5.73 Å². The number of hydrogen-bond acceptors (Lipinski definition) is 1. The van der Waals surface area contributed by atoms with Crippen molar-refractivity contribution >= 4 is 54.9 Å². The highest BCUT2D eigenvalue weighted by Gasteiger charge is 2.13. The standard InChI is InChI=1S/C28H17N/c29-22-8-9-24-21(14-22)12-18-6-3-5-17-11-20-13-19-10-16-4-1-2-7-23(16)25(19)15-26(20)28(24)27(17)18/h1-15H,29H2. The SMILES string of the molecule is Nc1ccc2c(c1)cc1cccc3cc4cc5c(cc4c2c13)=c1ccccc1=C5. The normalized spacial score (nSPS) is 12.6. The van der Waals surface area contributed by atoms with Crippen molar-refractivity contribution in [1.29, 1.82) is 0 Å². The third kappa shape index (κ3) is 1.94. The highest BCUT2D eigenvalue weighted by Crippen LogP contribution is 2.39. The smallest absolute Gasteiger partial charge is 0.0320 e. The molecule has 1 nitrogen and oxygen atoms in total. The molecule has 0 aliphatic heterocycles. The summed E-state index contributed by atoms with van der Waals surface area (Å²) in [5, 5.41) is 14.3. The van der Waals surface area contributed by atoms with Crippen LogP contribution in [-0.2, 0) is 0 Å². The Morgan fingerprint density at radius 3 is 2.17 bits per heavy atom. The molecule has 0 amide bonds. The van der Waals surface area contributed by atoms with Crippen LogP contribution in [0.15, 0.2) is 84.9 Å². The zero-order valence-electron chi connectivity index (χ0n) is 15.7. The van der Waals surface area contributed by atoms with Crippen molar-refractivity contribution in [3.05, 3.63) is 106 Å². The van der Waals surface area contributed by atoms with E-state index in [1.54, 1.807) is 0 Å². The van der Waals surface area contributed by atoms with Crippen molar-refractivity contribution in [3.63, 3.8) is 0 Å². The van der Waals surface area contributed by atoms with Crippen molar-refractivity contribution in [1.82, 2.24) is 0 Å². The van der Waals surface area contributed by atoms with Gasteiger partial charge in [0.25, 0.3) is 0 Å². The van der Waals surface area contributed by atoms with Crippen molar-refractivity contribution in [2.45, 2.75) is 0 Å². The van der Waals surface area contributed by atoms with Gasteiger partial charge in [-0.25, -0.2) is 0 Å². The van der Waals surface area contributed by atoms with Crippen molar-refractivity contribution in [2.75, 3.05) is 5.73 Å². The minimum atomic E-state index is 0.806. The van der Waals surface area contributed by atoms with E-state index in [0.717, 1.165) is 5.69 Å². The average Bonchev–Trinajstić information content (AvgIpc) is 3.09. The van der Waals surface area contributed by atoms with Gasteiger partial charge in [0.2, 0.25) is 0 Å². The summed E-state index contributed by atoms with van der Waals surface area (Å²) in [6, 6.07) is 30.9. The molecule has 7 rings (SSSR count). The number of nitrogens with two attached hydrogens (primary N) is 1. The fourth-order valence-electron chi connectivity index (χ4n) is 5.15. The predicted molar refractivity (Wildman–Crippen MR) is 124 cm³/mol. The summed E-state index contributed by atoms with van der Waals surface area (Å²) in [5.41, 5.74) is 8.23. The Balaban J connectivity index is 1.83. The Kier molecular flexibility index (Phi) is 2.69. The maximum atomic E-state index is 6.11. The van der Waals surface area contributed by atoms with Gasteiger partial charge in [-0.3, -0.25) is 0 Å². The second-order valence-electron chi connectivity index (χ2n) is 8.08. The number of rotatable bonds is 0. The lowest BCUT2D eigenvalue weighted by Crippen LogP contribution is -1.96. The third-order valence-corrected chi connectivity index (χ3v) is 6.40. The van der Waals surface area contributed by atoms with Crippen LogP contribution in [0.4, 0.5) is 5.69 Å². The Bertz CT molecular complexity index is 1810. The first kappa shape index (κ1) is 15.1. The molecule has 0 fully saturated rings. The van der Waals surface area contributed by atoms with Gasteiger partial charge >= 0.3 is 0 Å². The Morgan fingerprint density at radius 2 is 1.31 bits per heavy atom. The van der Waals surface area contributed by atoms with Crippen molar-refractivity contribution in [2.24, 2.45) is 0 Å². The van der Waals surface area contributed by atoms with Gasteiger partial charge in [-0.15, -0.1) is 0 Å². The van der Waals surface area contributed by atoms with E-state index in [9.17, 15) is 0 Å². The highest BCUT2D eigenvalue weighted by atomic mass is 14.5. The van der Waals surface area contributed by atoms with Crippen LogP contribution in [0.5, 0.6) is 0 Å². The summed E-state index contributed by atoms with van der Waals surface area (Å²) in [5.74, 6) is 0. The number of benzene rings is 6. The van der Waals surface area contributed by atoms with Gasteiger partial charge in [0, 0.05) is 5.69 Å². The molecule has 2 N–H and O–H groups in total.